The number of nitrogens with zero attached hydrogens (tertiary/aromatic N) is 2. The predicted molar refractivity (Wildman–Crippen MR) is 51.1 cm³/mol. The molecule has 1 heterocycles. The van der Waals surface area contributed by atoms with Crippen molar-refractivity contribution in [2.75, 3.05) is 19.6 Å². The standard InChI is InChI=1S/C9H14N2O4/c1-3-10-4-5-11(6(2)9(14)15)8(13)7(10)12/h6H,3-5H2,1-2H3,(H,14,15). The van der Waals surface area contributed by atoms with Crippen molar-refractivity contribution < 1.29 is 19.5 Å². The molecule has 0 spiro atoms. The lowest BCUT2D eigenvalue weighted by atomic mass is 10.2. The molecule has 0 aromatic heterocycles. The highest BCUT2D eigenvalue weighted by Gasteiger charge is 2.36. The molecule has 1 rings (SSSR count). The van der Waals surface area contributed by atoms with Crippen molar-refractivity contribution in [1.82, 2.24) is 9.80 Å². The van der Waals surface area contributed by atoms with Crippen LogP contribution in [0.2, 0.25) is 0 Å². The number of carboxylic acid groups (broad SMARTS) is 1. The number of hydrogen-bond acceptors (Lipinski definition) is 3. The Kier molecular flexibility index (Phi) is 3.28. The molecule has 0 aliphatic carbocycles. The number of amides is 2. The number of rotatable bonds is 3. The summed E-state index contributed by atoms with van der Waals surface area (Å²) in [5.74, 6) is -2.43. The van der Waals surface area contributed by atoms with Crippen molar-refractivity contribution in [1.29, 1.82) is 0 Å². The normalized spacial score (nSPS) is 19.3. The van der Waals surface area contributed by atoms with Crippen LogP contribution in [0.25, 0.3) is 0 Å². The minimum absolute atomic E-state index is 0.284. The molecule has 15 heavy (non-hydrogen) atoms. The Balaban J connectivity index is 2.77. The number of aliphatic carboxylic acids is 1. The summed E-state index contributed by atoms with van der Waals surface area (Å²) >= 11 is 0. The first kappa shape index (κ1) is 11.5. The van der Waals surface area contributed by atoms with Gasteiger partial charge in [0, 0.05) is 19.6 Å². The lowest BCUT2D eigenvalue weighted by Crippen LogP contribution is -2.58. The lowest BCUT2D eigenvalue weighted by Gasteiger charge is -2.35. The molecule has 0 radical (unpaired) electrons. The fraction of sp³-hybridized carbons (Fsp3) is 0.667. The van der Waals surface area contributed by atoms with Crippen LogP contribution in [-0.2, 0) is 14.4 Å². The Labute approximate surface area is 87.5 Å². The van der Waals surface area contributed by atoms with Crippen LogP contribution < -0.4 is 0 Å². The molecule has 1 saturated heterocycles. The fourth-order valence-corrected chi connectivity index (χ4v) is 1.49. The van der Waals surface area contributed by atoms with Gasteiger partial charge < -0.3 is 14.9 Å². The molecule has 0 saturated carbocycles. The first-order valence-corrected chi connectivity index (χ1v) is 4.81. The zero-order valence-electron chi connectivity index (χ0n) is 8.77. The highest BCUT2D eigenvalue weighted by Crippen LogP contribution is 2.08. The molecule has 2 amide bonds. The third-order valence-electron chi connectivity index (χ3n) is 2.55. The summed E-state index contributed by atoms with van der Waals surface area (Å²) in [4.78, 5) is 36.1. The minimum Gasteiger partial charge on any atom is -0.480 e. The van der Waals surface area contributed by atoms with Gasteiger partial charge in [0.2, 0.25) is 0 Å². The van der Waals surface area contributed by atoms with Crippen molar-refractivity contribution in [3.05, 3.63) is 0 Å². The second-order valence-electron chi connectivity index (χ2n) is 3.40. The van der Waals surface area contributed by atoms with Crippen molar-refractivity contribution in [3.8, 4) is 0 Å². The molecule has 0 bridgehead atoms. The van der Waals surface area contributed by atoms with Crippen LogP contribution in [0.3, 0.4) is 0 Å². The van der Waals surface area contributed by atoms with Crippen LogP contribution in [0, 0.1) is 0 Å². The van der Waals surface area contributed by atoms with E-state index >= 15 is 0 Å². The van der Waals surface area contributed by atoms with E-state index in [1.54, 1.807) is 6.92 Å². The van der Waals surface area contributed by atoms with Gasteiger partial charge in [0.15, 0.2) is 0 Å². The number of likely N-dealkylation sites (N-methyl/N-ethyl adjacent to an activating group) is 1. The Bertz CT molecular complexity index is 302. The molecule has 84 valence electrons. The maximum Gasteiger partial charge on any atom is 0.326 e. The number of piperazine rings is 1. The molecule has 0 aromatic carbocycles. The predicted octanol–water partition coefficient (Wildman–Crippen LogP) is -0.850. The van der Waals surface area contributed by atoms with Crippen LogP contribution in [0.4, 0.5) is 0 Å². The van der Waals surface area contributed by atoms with Gasteiger partial charge in [-0.1, -0.05) is 0 Å². The van der Waals surface area contributed by atoms with Gasteiger partial charge in [0.05, 0.1) is 0 Å². The minimum atomic E-state index is -1.10. The summed E-state index contributed by atoms with van der Waals surface area (Å²) < 4.78 is 0. The summed E-state index contributed by atoms with van der Waals surface area (Å²) in [6.45, 7) is 4.33. The van der Waals surface area contributed by atoms with E-state index in [0.717, 1.165) is 4.90 Å². The van der Waals surface area contributed by atoms with E-state index in [-0.39, 0.29) is 6.54 Å². The molecule has 6 heteroatoms. The van der Waals surface area contributed by atoms with E-state index < -0.39 is 23.8 Å². The first-order chi connectivity index (χ1) is 6.99. The third-order valence-corrected chi connectivity index (χ3v) is 2.55. The highest BCUT2D eigenvalue weighted by atomic mass is 16.4. The second kappa shape index (κ2) is 4.29. The second-order valence-corrected chi connectivity index (χ2v) is 3.40. The third kappa shape index (κ3) is 2.08. The quantitative estimate of drug-likeness (QED) is 0.621. The summed E-state index contributed by atoms with van der Waals surface area (Å²) in [7, 11) is 0. The summed E-state index contributed by atoms with van der Waals surface area (Å²) in [6.07, 6.45) is 0. The van der Waals surface area contributed by atoms with Crippen molar-refractivity contribution in [3.63, 3.8) is 0 Å². The summed E-state index contributed by atoms with van der Waals surface area (Å²) in [6, 6.07) is -0.944. The lowest BCUT2D eigenvalue weighted by molar-refractivity contribution is -0.161. The van der Waals surface area contributed by atoms with E-state index in [2.05, 4.69) is 0 Å². The maximum atomic E-state index is 11.5. The van der Waals surface area contributed by atoms with Crippen LogP contribution in [0.5, 0.6) is 0 Å². The van der Waals surface area contributed by atoms with Crippen molar-refractivity contribution >= 4 is 17.8 Å². The number of carbonyl (C=O) groups is 3. The largest absolute Gasteiger partial charge is 0.480 e. The Morgan fingerprint density at radius 3 is 2.47 bits per heavy atom. The summed E-state index contributed by atoms with van der Waals surface area (Å²) in [5, 5.41) is 8.74. The number of carboxylic acids is 1. The zero-order valence-corrected chi connectivity index (χ0v) is 8.77. The molecule has 6 nitrogen and oxygen atoms in total. The molecular weight excluding hydrogens is 200 g/mol. The average molecular weight is 214 g/mol. The molecular formula is C9H14N2O4. The van der Waals surface area contributed by atoms with Crippen molar-refractivity contribution in [2.45, 2.75) is 19.9 Å². The molecule has 0 aromatic rings. The summed E-state index contributed by atoms with van der Waals surface area (Å²) in [5.41, 5.74) is 0. The molecule has 1 N–H and O–H groups in total. The van der Waals surface area contributed by atoms with Crippen molar-refractivity contribution in [2.24, 2.45) is 0 Å². The fourth-order valence-electron chi connectivity index (χ4n) is 1.49. The molecule has 1 unspecified atom stereocenters. The van der Waals surface area contributed by atoms with Gasteiger partial charge in [-0.2, -0.15) is 0 Å². The van der Waals surface area contributed by atoms with Gasteiger partial charge in [0.25, 0.3) is 0 Å². The van der Waals surface area contributed by atoms with Crippen LogP contribution in [0.15, 0.2) is 0 Å². The van der Waals surface area contributed by atoms with Gasteiger partial charge in [-0.25, -0.2) is 4.79 Å². The first-order valence-electron chi connectivity index (χ1n) is 4.81. The van der Waals surface area contributed by atoms with E-state index in [0.29, 0.717) is 13.1 Å². The van der Waals surface area contributed by atoms with Gasteiger partial charge in [-0.15, -0.1) is 0 Å². The van der Waals surface area contributed by atoms with Crippen LogP contribution in [-0.4, -0.2) is 58.4 Å². The molecule has 1 fully saturated rings. The zero-order chi connectivity index (χ0) is 11.6. The van der Waals surface area contributed by atoms with E-state index in [1.807, 2.05) is 0 Å². The topological polar surface area (TPSA) is 77.9 Å². The Morgan fingerprint density at radius 1 is 1.40 bits per heavy atom. The smallest absolute Gasteiger partial charge is 0.326 e. The highest BCUT2D eigenvalue weighted by molar-refractivity contribution is 6.35. The van der Waals surface area contributed by atoms with Crippen LogP contribution in [0.1, 0.15) is 13.8 Å². The van der Waals surface area contributed by atoms with E-state index in [1.165, 1.54) is 11.8 Å². The van der Waals surface area contributed by atoms with E-state index in [9.17, 15) is 14.4 Å². The van der Waals surface area contributed by atoms with Gasteiger partial charge >= 0.3 is 17.8 Å². The SMILES string of the molecule is CCN1CCN(C(C)C(=O)O)C(=O)C1=O. The molecule has 1 aliphatic heterocycles. The van der Waals surface area contributed by atoms with Crippen LogP contribution >= 0.6 is 0 Å². The Hall–Kier alpha value is -1.59. The van der Waals surface area contributed by atoms with Gasteiger partial charge in [0.1, 0.15) is 6.04 Å². The number of hydrogen-bond donors (Lipinski definition) is 1. The number of carbonyl (C=O) groups excluding carboxylic acids is 2. The Morgan fingerprint density at radius 2 is 2.00 bits per heavy atom. The van der Waals surface area contributed by atoms with Gasteiger partial charge in [-0.3, -0.25) is 9.59 Å². The average Bonchev–Trinajstić information content (AvgIpc) is 2.21. The van der Waals surface area contributed by atoms with E-state index in [4.69, 9.17) is 5.11 Å². The van der Waals surface area contributed by atoms with Gasteiger partial charge in [-0.05, 0) is 13.8 Å². The molecule has 1 atom stereocenters. The maximum absolute atomic E-state index is 11.5. The molecule has 1 aliphatic rings. The monoisotopic (exact) mass is 214 g/mol.